The van der Waals surface area contributed by atoms with Crippen LogP contribution in [-0.2, 0) is 17.1 Å². The molecule has 4 rings (SSSR count). The van der Waals surface area contributed by atoms with E-state index in [-0.39, 0.29) is 17.1 Å². The van der Waals surface area contributed by atoms with E-state index in [4.69, 9.17) is 0 Å². The molecule has 1 heterocycles. The number of carbonyl (C=O) groups is 1. The van der Waals surface area contributed by atoms with Crippen LogP contribution < -0.4 is 0 Å². The second-order valence-corrected chi connectivity index (χ2v) is 4.97. The second kappa shape index (κ2) is 8.82. The zero-order valence-corrected chi connectivity index (χ0v) is 14.0. The molecule has 0 aliphatic heterocycles. The molecule has 3 nitrogen and oxygen atoms in total. The molecule has 4 aromatic rings. The zero-order valence-electron chi connectivity index (χ0n) is 12.9. The van der Waals surface area contributed by atoms with Crippen LogP contribution in [0.2, 0.25) is 0 Å². The van der Waals surface area contributed by atoms with Crippen LogP contribution in [-0.4, -0.2) is 16.1 Å². The Kier molecular flexibility index (Phi) is 6.50. The first-order chi connectivity index (χ1) is 11.4. The van der Waals surface area contributed by atoms with E-state index in [1.54, 1.807) is 10.9 Å². The minimum atomic E-state index is 0. The molecule has 0 aliphatic carbocycles. The predicted molar refractivity (Wildman–Crippen MR) is 92.0 cm³/mol. The first-order valence-corrected chi connectivity index (χ1v) is 7.37. The van der Waals surface area contributed by atoms with Crippen molar-refractivity contribution in [2.45, 2.75) is 0 Å². The Morgan fingerprint density at radius 2 is 1.67 bits per heavy atom. The Labute approximate surface area is 151 Å². The molecule has 0 aliphatic rings. The molecule has 4 heteroatoms. The fourth-order valence-corrected chi connectivity index (χ4v) is 2.26. The summed E-state index contributed by atoms with van der Waals surface area (Å²) in [6, 6.07) is 27.5. The first-order valence-electron chi connectivity index (χ1n) is 7.37. The monoisotopic (exact) mass is 356 g/mol. The van der Waals surface area contributed by atoms with Gasteiger partial charge in [0.25, 0.3) is 0 Å². The van der Waals surface area contributed by atoms with E-state index < -0.39 is 0 Å². The van der Waals surface area contributed by atoms with Crippen molar-refractivity contribution in [2.24, 2.45) is 0 Å². The normalized spacial score (nSPS) is 9.50. The SMILES string of the molecule is O=Cc1cn(-c2ccccc2)nc1-[c-]1[cH-][cH-][cH-][cH-]1.[Fe].c1cc[cH-]c1. The maximum absolute atomic E-state index is 11.1. The Bertz CT molecular complexity index is 814. The number of hydrogen-bond donors (Lipinski definition) is 0. The van der Waals surface area contributed by atoms with Crippen LogP contribution in [0.25, 0.3) is 16.9 Å². The average Bonchev–Trinajstić information content (AvgIpc) is 3.38. The fourth-order valence-electron chi connectivity index (χ4n) is 2.26. The first kappa shape index (κ1) is 17.7. The summed E-state index contributed by atoms with van der Waals surface area (Å²) in [6.45, 7) is 0. The molecule has 0 fully saturated rings. The van der Waals surface area contributed by atoms with Gasteiger partial charge >= 0.3 is 0 Å². The summed E-state index contributed by atoms with van der Waals surface area (Å²) >= 11 is 0. The molecular weight excluding hydrogens is 340 g/mol. The van der Waals surface area contributed by atoms with Crippen LogP contribution in [0, 0.1) is 0 Å². The van der Waals surface area contributed by atoms with Crippen molar-refractivity contribution in [2.75, 3.05) is 0 Å². The van der Waals surface area contributed by atoms with E-state index in [9.17, 15) is 4.79 Å². The molecule has 24 heavy (non-hydrogen) atoms. The fraction of sp³-hybridized carbons (Fsp3) is 0. The average molecular weight is 356 g/mol. The molecule has 126 valence electrons. The number of carbonyl (C=O) groups excluding carboxylic acids is 1. The molecule has 1 aromatic heterocycles. The van der Waals surface area contributed by atoms with Crippen LogP contribution in [0.1, 0.15) is 10.4 Å². The summed E-state index contributed by atoms with van der Waals surface area (Å²) in [4.78, 5) is 11.1. The van der Waals surface area contributed by atoms with Gasteiger partial charge in [-0.1, -0.05) is 18.2 Å². The Hall–Kier alpha value is -2.68. The molecule has 0 spiro atoms. The van der Waals surface area contributed by atoms with Gasteiger partial charge in [0.1, 0.15) is 0 Å². The van der Waals surface area contributed by atoms with E-state index in [0.717, 1.165) is 23.2 Å². The van der Waals surface area contributed by atoms with Crippen molar-refractivity contribution in [1.82, 2.24) is 9.78 Å². The second-order valence-electron chi connectivity index (χ2n) is 4.97. The molecule has 0 saturated carbocycles. The van der Waals surface area contributed by atoms with Gasteiger partial charge in [-0.05, 0) is 12.1 Å². The van der Waals surface area contributed by atoms with Crippen LogP contribution in [0.4, 0.5) is 0 Å². The summed E-state index contributed by atoms with van der Waals surface area (Å²) < 4.78 is 1.73. The van der Waals surface area contributed by atoms with Crippen molar-refractivity contribution < 1.29 is 21.9 Å². The Morgan fingerprint density at radius 1 is 1.00 bits per heavy atom. The number of aldehydes is 1. The summed E-state index contributed by atoms with van der Waals surface area (Å²) in [5.41, 5.74) is 3.23. The third-order valence-electron chi connectivity index (χ3n) is 3.38. The van der Waals surface area contributed by atoms with Crippen molar-refractivity contribution in [3.63, 3.8) is 0 Å². The van der Waals surface area contributed by atoms with Crippen molar-refractivity contribution in [1.29, 1.82) is 0 Å². The van der Waals surface area contributed by atoms with Gasteiger partial charge in [-0.15, -0.1) is 6.20 Å². The Morgan fingerprint density at radius 3 is 2.21 bits per heavy atom. The molecule has 0 radical (unpaired) electrons. The van der Waals surface area contributed by atoms with Crippen LogP contribution in [0.5, 0.6) is 0 Å². The van der Waals surface area contributed by atoms with Crippen LogP contribution in [0.3, 0.4) is 0 Å². The van der Waals surface area contributed by atoms with Gasteiger partial charge in [0.15, 0.2) is 0 Å². The summed E-state index contributed by atoms with van der Waals surface area (Å²) in [6.07, 6.45) is 2.60. The summed E-state index contributed by atoms with van der Waals surface area (Å²) in [5, 5.41) is 4.48. The summed E-state index contributed by atoms with van der Waals surface area (Å²) in [7, 11) is 0. The largest absolute Gasteiger partial charge is 0.662 e. The zero-order chi connectivity index (χ0) is 15.9. The molecule has 0 saturated heterocycles. The van der Waals surface area contributed by atoms with Gasteiger partial charge in [-0.3, -0.25) is 4.68 Å². The minimum Gasteiger partial charge on any atom is -0.662 e. The molecular formula is C20H16FeN2O-6. The molecule has 0 unspecified atom stereocenters. The van der Waals surface area contributed by atoms with Crippen LogP contribution in [0.15, 0.2) is 91.1 Å². The van der Waals surface area contributed by atoms with Gasteiger partial charge < -0.3 is 51.0 Å². The minimum absolute atomic E-state index is 0. The van der Waals surface area contributed by atoms with Gasteiger partial charge in [0, 0.05) is 23.4 Å². The van der Waals surface area contributed by atoms with Gasteiger partial charge in [-0.2, -0.15) is 18.2 Å². The van der Waals surface area contributed by atoms with Crippen molar-refractivity contribution >= 4 is 6.29 Å². The van der Waals surface area contributed by atoms with Gasteiger partial charge in [0.05, 0.1) is 5.69 Å². The quantitative estimate of drug-likeness (QED) is 0.308. The molecule has 0 amide bonds. The molecule has 3 aromatic carbocycles. The van der Waals surface area contributed by atoms with Crippen LogP contribution >= 0.6 is 0 Å². The number of benzene rings is 1. The van der Waals surface area contributed by atoms with E-state index in [2.05, 4.69) is 5.10 Å². The smallest absolute Gasteiger partial charge is 0.0593 e. The Balaban J connectivity index is 0.000000300. The standard InChI is InChI=1S/C15H11N2O.C5H5.Fe/c18-11-13-10-17(14-8-2-1-3-9-14)16-15(13)12-6-4-5-7-12;1-2-4-5-3-1;/h1-11H;1-5H;/q-5;-1;. The maximum Gasteiger partial charge on any atom is 0.0593 e. The van der Waals surface area contributed by atoms with E-state index in [0.29, 0.717) is 5.56 Å². The number of rotatable bonds is 3. The van der Waals surface area contributed by atoms with Crippen molar-refractivity contribution in [3.05, 3.63) is 96.7 Å². The third kappa shape index (κ3) is 4.19. The van der Waals surface area contributed by atoms with Gasteiger partial charge in [0.2, 0.25) is 0 Å². The van der Waals surface area contributed by atoms with E-state index in [1.807, 2.05) is 84.9 Å². The topological polar surface area (TPSA) is 34.9 Å². The number of hydrogen-bond acceptors (Lipinski definition) is 2. The number of nitrogens with zero attached hydrogens (tertiary/aromatic N) is 2. The third-order valence-corrected chi connectivity index (χ3v) is 3.38. The molecule has 0 N–H and O–H groups in total. The van der Waals surface area contributed by atoms with Crippen molar-refractivity contribution in [3.8, 4) is 16.9 Å². The summed E-state index contributed by atoms with van der Waals surface area (Å²) in [5.74, 6) is 0. The van der Waals surface area contributed by atoms with E-state index >= 15 is 0 Å². The number of para-hydroxylation sites is 1. The van der Waals surface area contributed by atoms with Gasteiger partial charge in [-0.25, -0.2) is 12.1 Å². The number of aromatic nitrogens is 2. The molecule has 0 bridgehead atoms. The maximum atomic E-state index is 11.1. The van der Waals surface area contributed by atoms with E-state index in [1.165, 1.54) is 0 Å². The molecule has 0 atom stereocenters. The predicted octanol–water partition coefficient (Wildman–Crippen LogP) is 4.47.